The van der Waals surface area contributed by atoms with Crippen LogP contribution in [0.1, 0.15) is 65.9 Å². The van der Waals surface area contributed by atoms with Crippen molar-refractivity contribution in [3.63, 3.8) is 0 Å². The fraction of sp³-hybridized carbons (Fsp3) is 0.429. The summed E-state index contributed by atoms with van der Waals surface area (Å²) < 4.78 is 24.6. The lowest BCUT2D eigenvalue weighted by Crippen LogP contribution is -2.39. The first-order valence-corrected chi connectivity index (χ1v) is 16.9. The molecule has 10 heteroatoms. The van der Waals surface area contributed by atoms with Gasteiger partial charge in [0.05, 0.1) is 25.4 Å². The summed E-state index contributed by atoms with van der Waals surface area (Å²) in [6.45, 7) is 6.08. The average molecular weight is 630 g/mol. The van der Waals surface area contributed by atoms with Crippen molar-refractivity contribution in [2.45, 2.75) is 57.0 Å². The average Bonchev–Trinajstić information content (AvgIpc) is 3.56. The van der Waals surface area contributed by atoms with Gasteiger partial charge in [0.25, 0.3) is 11.8 Å². The van der Waals surface area contributed by atoms with Gasteiger partial charge < -0.3 is 19.1 Å². The zero-order chi connectivity index (χ0) is 31.8. The number of likely N-dealkylation sites (tertiary alicyclic amines) is 1. The molecule has 1 saturated carbocycles. The van der Waals surface area contributed by atoms with E-state index in [1.54, 1.807) is 32.3 Å². The van der Waals surface area contributed by atoms with Crippen molar-refractivity contribution >= 4 is 40.0 Å². The highest BCUT2D eigenvalue weighted by molar-refractivity contribution is 7.81. The molecule has 2 amide bonds. The number of likely N-dealkylation sites (N-methyl/N-ethyl adjacent to an activating group) is 1. The van der Waals surface area contributed by atoms with Crippen molar-refractivity contribution in [1.82, 2.24) is 23.4 Å². The third-order valence-corrected chi connectivity index (χ3v) is 10.6. The van der Waals surface area contributed by atoms with Crippen LogP contribution in [0.4, 0.5) is 0 Å². The van der Waals surface area contributed by atoms with Gasteiger partial charge in [-0.2, -0.15) is 0 Å². The summed E-state index contributed by atoms with van der Waals surface area (Å²) in [7, 11) is 7.04. The molecule has 2 atom stereocenters. The van der Waals surface area contributed by atoms with Crippen LogP contribution in [0.25, 0.3) is 28.2 Å². The zero-order valence-corrected chi connectivity index (χ0v) is 27.5. The van der Waals surface area contributed by atoms with Crippen LogP contribution in [0.3, 0.4) is 0 Å². The van der Waals surface area contributed by atoms with E-state index in [2.05, 4.69) is 33.9 Å². The highest BCUT2D eigenvalue weighted by Crippen LogP contribution is 2.48. The lowest BCUT2D eigenvalue weighted by Gasteiger charge is -2.26. The number of carbonyl (C=O) groups excluding carboxylic acids is 2. The molecule has 0 spiro atoms. The number of rotatable bonds is 8. The Kier molecular flexibility index (Phi) is 8.99. The summed E-state index contributed by atoms with van der Waals surface area (Å²) in [4.78, 5) is 31.7. The van der Waals surface area contributed by atoms with E-state index < -0.39 is 17.1 Å². The van der Waals surface area contributed by atoms with Crippen molar-refractivity contribution < 1.29 is 18.5 Å². The van der Waals surface area contributed by atoms with Crippen LogP contribution in [0.2, 0.25) is 0 Å². The quantitative estimate of drug-likeness (QED) is 0.365. The molecule has 1 aliphatic carbocycles. The molecule has 1 aromatic heterocycles. The number of hydrogen-bond acceptors (Lipinski definition) is 5. The Labute approximate surface area is 268 Å². The first-order valence-electron chi connectivity index (χ1n) is 15.8. The molecule has 9 nitrogen and oxygen atoms in total. The monoisotopic (exact) mass is 629 g/mol. The van der Waals surface area contributed by atoms with E-state index in [1.165, 1.54) is 29.1 Å². The Morgan fingerprint density at radius 3 is 2.56 bits per heavy atom. The van der Waals surface area contributed by atoms with E-state index in [-0.39, 0.29) is 11.9 Å². The van der Waals surface area contributed by atoms with Gasteiger partial charge in [-0.15, -0.1) is 0 Å². The lowest BCUT2D eigenvalue weighted by atomic mass is 9.81. The summed E-state index contributed by atoms with van der Waals surface area (Å²) in [6.07, 6.45) is 10.3. The molecule has 2 aromatic carbocycles. The zero-order valence-electron chi connectivity index (χ0n) is 26.7. The molecular formula is C35H43N5O4S. The van der Waals surface area contributed by atoms with Crippen LogP contribution >= 0.6 is 0 Å². The molecule has 3 aromatic rings. The molecule has 0 bridgehead atoms. The standard InChI is InChI=1S/C35H43N5O4S/c1-6-39(26-17-18-38(4)22-26)35(42)25-19-29-27(13-10-14-31(29)44-5)33-32(23-11-8-7-9-12-23)28-16-15-24(20-30(28)40(33)21-25)34(41)36-45(43)37(2)3/h6,10,13-16,19-20,23,26H,1,7-9,11-12,17-18,21-22H2,2-5H3,(H,36,41). The molecular weight excluding hydrogens is 586 g/mol. The van der Waals surface area contributed by atoms with Crippen LogP contribution in [-0.4, -0.2) is 82.1 Å². The molecule has 1 N–H and O–H groups in total. The van der Waals surface area contributed by atoms with E-state index in [1.807, 2.05) is 36.4 Å². The summed E-state index contributed by atoms with van der Waals surface area (Å²) in [5.74, 6) is 0.576. The maximum Gasteiger partial charge on any atom is 0.264 e. The molecule has 3 aliphatic rings. The molecule has 2 aliphatic heterocycles. The second kappa shape index (κ2) is 12.9. The Balaban J connectivity index is 1.56. The number of hydrogen-bond donors (Lipinski definition) is 1. The number of benzene rings is 2. The maximum absolute atomic E-state index is 14.4. The first-order chi connectivity index (χ1) is 21.7. The van der Waals surface area contributed by atoms with Crippen LogP contribution in [0, 0.1) is 0 Å². The Morgan fingerprint density at radius 1 is 1.11 bits per heavy atom. The largest absolute Gasteiger partial charge is 0.496 e. The SMILES string of the molecule is C=CN(C(=O)C1=Cc2c(OC)cccc2-c2c(C3CCCCC3)c3ccc(C(=O)NS(=O)N(C)C)cc3n2C1)C1CCN(C)C1. The van der Waals surface area contributed by atoms with Crippen LogP contribution in [0.5, 0.6) is 5.75 Å². The van der Waals surface area contributed by atoms with E-state index >= 15 is 0 Å². The molecule has 2 fully saturated rings. The van der Waals surface area contributed by atoms with Crippen molar-refractivity contribution in [3.05, 3.63) is 71.4 Å². The number of methoxy groups -OCH3 is 1. The maximum atomic E-state index is 14.4. The second-order valence-electron chi connectivity index (χ2n) is 12.6. The summed E-state index contributed by atoms with van der Waals surface area (Å²) in [5.41, 5.74) is 6.17. The van der Waals surface area contributed by atoms with Gasteiger partial charge in [0.1, 0.15) is 5.75 Å². The number of carbonyl (C=O) groups is 2. The molecule has 3 heterocycles. The molecule has 6 rings (SSSR count). The molecule has 2 unspecified atom stereocenters. The van der Waals surface area contributed by atoms with Crippen LogP contribution in [-0.2, 0) is 22.5 Å². The van der Waals surface area contributed by atoms with Crippen molar-refractivity contribution in [2.24, 2.45) is 0 Å². The van der Waals surface area contributed by atoms with Crippen molar-refractivity contribution in [2.75, 3.05) is 41.3 Å². The highest BCUT2D eigenvalue weighted by Gasteiger charge is 2.34. The number of nitrogens with zero attached hydrogens (tertiary/aromatic N) is 4. The predicted octanol–water partition coefficient (Wildman–Crippen LogP) is 5.31. The Morgan fingerprint density at radius 2 is 1.89 bits per heavy atom. The third-order valence-electron chi connectivity index (χ3n) is 9.54. The van der Waals surface area contributed by atoms with Gasteiger partial charge in [0.2, 0.25) is 0 Å². The molecule has 45 heavy (non-hydrogen) atoms. The minimum absolute atomic E-state index is 0.0489. The summed E-state index contributed by atoms with van der Waals surface area (Å²) in [5, 5.41) is 1.09. The van der Waals surface area contributed by atoms with Gasteiger partial charge in [-0.25, -0.2) is 8.51 Å². The minimum Gasteiger partial charge on any atom is -0.496 e. The number of ether oxygens (including phenoxy) is 1. The van der Waals surface area contributed by atoms with Gasteiger partial charge in [0.15, 0.2) is 11.2 Å². The van der Waals surface area contributed by atoms with Gasteiger partial charge in [-0.05, 0) is 68.6 Å². The number of nitrogens with one attached hydrogen (secondary N) is 1. The minimum atomic E-state index is -1.65. The van der Waals surface area contributed by atoms with Crippen molar-refractivity contribution in [3.8, 4) is 17.0 Å². The molecule has 1 saturated heterocycles. The van der Waals surface area contributed by atoms with Crippen LogP contribution < -0.4 is 9.46 Å². The summed E-state index contributed by atoms with van der Waals surface area (Å²) in [6, 6.07) is 11.9. The topological polar surface area (TPSA) is 87.1 Å². The van der Waals surface area contributed by atoms with E-state index in [4.69, 9.17) is 4.74 Å². The predicted molar refractivity (Wildman–Crippen MR) is 180 cm³/mol. The lowest BCUT2D eigenvalue weighted by molar-refractivity contribution is -0.126. The highest BCUT2D eigenvalue weighted by atomic mass is 32.2. The number of aromatic nitrogens is 1. The first kappa shape index (κ1) is 31.3. The molecule has 0 radical (unpaired) electrons. The fourth-order valence-corrected chi connectivity index (χ4v) is 7.76. The van der Waals surface area contributed by atoms with Gasteiger partial charge >= 0.3 is 0 Å². The van der Waals surface area contributed by atoms with Gasteiger partial charge in [-0.1, -0.05) is 44.0 Å². The number of fused-ring (bicyclic) bond motifs is 5. The molecule has 238 valence electrons. The van der Waals surface area contributed by atoms with Crippen molar-refractivity contribution in [1.29, 1.82) is 0 Å². The Bertz CT molecular complexity index is 1700. The Hall–Kier alpha value is -3.73. The summed E-state index contributed by atoms with van der Waals surface area (Å²) >= 11 is -1.65. The normalized spacial score (nSPS) is 19.4. The van der Waals surface area contributed by atoms with Crippen LogP contribution in [0.15, 0.2) is 54.8 Å². The smallest absolute Gasteiger partial charge is 0.264 e. The van der Waals surface area contributed by atoms with E-state index in [9.17, 15) is 13.8 Å². The van der Waals surface area contributed by atoms with Gasteiger partial charge in [-0.3, -0.25) is 14.3 Å². The third kappa shape index (κ3) is 5.87. The van der Waals surface area contributed by atoms with E-state index in [0.717, 1.165) is 60.1 Å². The van der Waals surface area contributed by atoms with E-state index in [0.29, 0.717) is 29.3 Å². The number of amides is 2. The second-order valence-corrected chi connectivity index (χ2v) is 14.0. The fourth-order valence-electron chi connectivity index (χ4n) is 7.31. The van der Waals surface area contributed by atoms with Gasteiger partial charge in [0, 0.05) is 60.0 Å².